The molecule has 3 nitrogen and oxygen atoms in total. The summed E-state index contributed by atoms with van der Waals surface area (Å²) in [4.78, 5) is 0. The lowest BCUT2D eigenvalue weighted by molar-refractivity contribution is 0.226. The Morgan fingerprint density at radius 3 is 2.86 bits per heavy atom. The highest BCUT2D eigenvalue weighted by Gasteiger charge is 2.60. The summed E-state index contributed by atoms with van der Waals surface area (Å²) in [5.41, 5.74) is 3.10. The number of aromatic nitrogens is 3. The van der Waals surface area contributed by atoms with Crippen LogP contribution >= 0.6 is 0 Å². The topological polar surface area (TPSA) is 38.7 Å². The van der Waals surface area contributed by atoms with Crippen LogP contribution in [-0.4, -0.2) is 15.4 Å². The number of nitrogens with zero attached hydrogens (tertiary/aromatic N) is 3. The third kappa shape index (κ3) is 0.656. The van der Waals surface area contributed by atoms with Crippen molar-refractivity contribution >= 4 is 0 Å². The van der Waals surface area contributed by atoms with Crippen molar-refractivity contribution in [1.82, 2.24) is 15.4 Å². The first-order valence-electron chi connectivity index (χ1n) is 5.26. The van der Waals surface area contributed by atoms with Gasteiger partial charge in [-0.3, -0.25) is 0 Å². The Kier molecular flexibility index (Phi) is 1.28. The lowest BCUT2D eigenvalue weighted by atomic mass is 9.70. The van der Waals surface area contributed by atoms with Crippen molar-refractivity contribution in [2.45, 2.75) is 44.9 Å². The fourth-order valence-electron chi connectivity index (χ4n) is 3.43. The Balaban J connectivity index is 2.31. The summed E-state index contributed by atoms with van der Waals surface area (Å²) in [6.45, 7) is 7.03. The van der Waals surface area contributed by atoms with E-state index in [9.17, 15) is 0 Å². The number of hydrogen-bond acceptors (Lipinski definition) is 3. The van der Waals surface area contributed by atoms with Crippen LogP contribution in [0.25, 0.3) is 0 Å². The Morgan fingerprint density at radius 2 is 2.14 bits per heavy atom. The molecule has 1 aromatic rings. The van der Waals surface area contributed by atoms with Crippen LogP contribution in [0.4, 0.5) is 0 Å². The summed E-state index contributed by atoms with van der Waals surface area (Å²) >= 11 is 0. The molecule has 14 heavy (non-hydrogen) atoms. The molecule has 1 heterocycles. The zero-order valence-electron chi connectivity index (χ0n) is 8.91. The van der Waals surface area contributed by atoms with E-state index in [1.807, 2.05) is 6.20 Å². The zero-order valence-corrected chi connectivity index (χ0v) is 8.91. The van der Waals surface area contributed by atoms with Crippen LogP contribution in [0.5, 0.6) is 0 Å². The molecule has 0 aliphatic heterocycles. The maximum absolute atomic E-state index is 4.25. The van der Waals surface area contributed by atoms with E-state index in [1.54, 1.807) is 0 Å². The van der Waals surface area contributed by atoms with Crippen molar-refractivity contribution in [3.63, 3.8) is 0 Å². The van der Waals surface area contributed by atoms with Gasteiger partial charge < -0.3 is 0 Å². The zero-order chi connectivity index (χ0) is 9.97. The van der Waals surface area contributed by atoms with Crippen molar-refractivity contribution in [1.29, 1.82) is 0 Å². The van der Waals surface area contributed by atoms with Crippen molar-refractivity contribution in [2.24, 2.45) is 5.41 Å². The lowest BCUT2D eigenvalue weighted by Gasteiger charge is -2.33. The van der Waals surface area contributed by atoms with Gasteiger partial charge in [-0.2, -0.15) is 0 Å². The van der Waals surface area contributed by atoms with Crippen molar-refractivity contribution < 1.29 is 0 Å². The van der Waals surface area contributed by atoms with Gasteiger partial charge >= 0.3 is 0 Å². The van der Waals surface area contributed by atoms with Crippen LogP contribution in [0, 0.1) is 5.41 Å². The number of rotatable bonds is 0. The van der Waals surface area contributed by atoms with Crippen LogP contribution in [-0.2, 0) is 5.41 Å². The molecule has 0 saturated heterocycles. The molecule has 1 fully saturated rings. The summed E-state index contributed by atoms with van der Waals surface area (Å²) in [6, 6.07) is 0. The van der Waals surface area contributed by atoms with E-state index in [2.05, 4.69) is 36.2 Å². The molecule has 2 bridgehead atoms. The average molecular weight is 189 g/mol. The van der Waals surface area contributed by atoms with Crippen molar-refractivity contribution in [3.8, 4) is 0 Å². The molecule has 2 unspecified atom stereocenters. The second kappa shape index (κ2) is 2.15. The molecule has 0 spiro atoms. The molecule has 1 saturated carbocycles. The molecule has 2 aliphatic carbocycles. The Labute approximate surface area is 83.9 Å². The number of fused-ring (bicyclic) bond motifs is 5. The van der Waals surface area contributed by atoms with Gasteiger partial charge in [0.05, 0.1) is 11.9 Å². The third-order valence-electron chi connectivity index (χ3n) is 4.79. The van der Waals surface area contributed by atoms with Crippen LogP contribution < -0.4 is 0 Å². The smallest absolute Gasteiger partial charge is 0.0764 e. The van der Waals surface area contributed by atoms with Gasteiger partial charge in [0.1, 0.15) is 0 Å². The van der Waals surface area contributed by atoms with Gasteiger partial charge in [0, 0.05) is 5.41 Å². The molecule has 0 amide bonds. The molecular formula is C11H15N3. The van der Waals surface area contributed by atoms with Gasteiger partial charge in [0.15, 0.2) is 0 Å². The molecule has 2 atom stereocenters. The molecule has 3 heteroatoms. The molecule has 2 aliphatic rings. The normalized spacial score (nSPS) is 37.2. The van der Waals surface area contributed by atoms with Gasteiger partial charge in [-0.15, -0.1) is 10.2 Å². The maximum Gasteiger partial charge on any atom is 0.0764 e. The minimum absolute atomic E-state index is 0.225. The quantitative estimate of drug-likeness (QED) is 0.627. The van der Waals surface area contributed by atoms with Crippen LogP contribution in [0.3, 0.4) is 0 Å². The third-order valence-corrected chi connectivity index (χ3v) is 4.79. The van der Waals surface area contributed by atoms with Crippen LogP contribution in [0.2, 0.25) is 0 Å². The van der Waals surface area contributed by atoms with Crippen molar-refractivity contribution in [3.05, 3.63) is 17.5 Å². The molecule has 3 rings (SSSR count). The van der Waals surface area contributed by atoms with Gasteiger partial charge in [-0.25, -0.2) is 0 Å². The van der Waals surface area contributed by atoms with E-state index in [1.165, 1.54) is 24.1 Å². The van der Waals surface area contributed by atoms with Gasteiger partial charge in [-0.05, 0) is 35.0 Å². The van der Waals surface area contributed by atoms with Gasteiger partial charge in [-0.1, -0.05) is 20.8 Å². The highest BCUT2D eigenvalue weighted by Crippen LogP contribution is 2.66. The summed E-state index contributed by atoms with van der Waals surface area (Å²) in [5, 5.41) is 11.9. The van der Waals surface area contributed by atoms with Crippen molar-refractivity contribution in [2.75, 3.05) is 0 Å². The van der Waals surface area contributed by atoms with Crippen LogP contribution in [0.1, 0.15) is 50.8 Å². The largest absolute Gasteiger partial charge is 0.138 e. The summed E-state index contributed by atoms with van der Waals surface area (Å²) in [6.07, 6.45) is 4.44. The predicted octanol–water partition coefficient (Wildman–Crippen LogP) is 2.05. The second-order valence-electron chi connectivity index (χ2n) is 5.38. The summed E-state index contributed by atoms with van der Waals surface area (Å²) in [7, 11) is 0. The molecule has 0 radical (unpaired) electrons. The summed E-state index contributed by atoms with van der Waals surface area (Å²) < 4.78 is 0. The van der Waals surface area contributed by atoms with E-state index in [4.69, 9.17) is 0 Å². The average Bonchev–Trinajstić information content (AvgIpc) is 2.49. The first kappa shape index (κ1) is 8.33. The minimum Gasteiger partial charge on any atom is -0.138 e. The fraction of sp³-hybridized carbons (Fsp3) is 0.727. The monoisotopic (exact) mass is 189 g/mol. The standard InChI is InChI=1S/C11H15N3/c1-10(2)8-4-5-11(10,3)9-7(8)6-12-14-13-9/h6,8H,4-5H2,1-3H3. The van der Waals surface area contributed by atoms with E-state index in [0.29, 0.717) is 11.3 Å². The fourth-order valence-corrected chi connectivity index (χ4v) is 3.43. The second-order valence-corrected chi connectivity index (χ2v) is 5.38. The highest BCUT2D eigenvalue weighted by atomic mass is 15.3. The van der Waals surface area contributed by atoms with Gasteiger partial charge in [0.25, 0.3) is 0 Å². The minimum atomic E-state index is 0.225. The Bertz CT molecular complexity index is 399. The van der Waals surface area contributed by atoms with E-state index < -0.39 is 0 Å². The highest BCUT2D eigenvalue weighted by molar-refractivity contribution is 5.42. The predicted molar refractivity (Wildman–Crippen MR) is 52.9 cm³/mol. The van der Waals surface area contributed by atoms with E-state index in [0.717, 1.165) is 0 Å². The van der Waals surface area contributed by atoms with E-state index in [-0.39, 0.29) is 5.41 Å². The molecule has 1 aromatic heterocycles. The SMILES string of the molecule is CC12CCC(c3cnnnc31)C2(C)C. The van der Waals surface area contributed by atoms with E-state index >= 15 is 0 Å². The molecule has 0 aromatic carbocycles. The maximum atomic E-state index is 4.25. The Hall–Kier alpha value is -0.990. The molecule has 0 N–H and O–H groups in total. The number of hydrogen-bond donors (Lipinski definition) is 0. The first-order chi connectivity index (χ1) is 6.57. The lowest BCUT2D eigenvalue weighted by Crippen LogP contribution is -2.32. The van der Waals surface area contributed by atoms with Gasteiger partial charge in [0.2, 0.25) is 0 Å². The summed E-state index contributed by atoms with van der Waals surface area (Å²) in [5.74, 6) is 0.644. The first-order valence-corrected chi connectivity index (χ1v) is 5.26. The molecule has 74 valence electrons. The van der Waals surface area contributed by atoms with Crippen LogP contribution in [0.15, 0.2) is 6.20 Å². The Morgan fingerprint density at radius 1 is 1.36 bits per heavy atom. The molecular weight excluding hydrogens is 174 g/mol.